The summed E-state index contributed by atoms with van der Waals surface area (Å²) in [5.74, 6) is -1.26. The van der Waals surface area contributed by atoms with E-state index < -0.39 is 18.5 Å². The van der Waals surface area contributed by atoms with Gasteiger partial charge in [0.05, 0.1) is 0 Å². The first kappa shape index (κ1) is 17.4. The van der Waals surface area contributed by atoms with E-state index in [2.05, 4.69) is 10.6 Å². The number of ether oxygens (including phenoxy) is 1. The lowest BCUT2D eigenvalue weighted by Crippen LogP contribution is -2.20. The van der Waals surface area contributed by atoms with Gasteiger partial charge in [-0.05, 0) is 46.7 Å². The summed E-state index contributed by atoms with van der Waals surface area (Å²) in [6.45, 7) is 1.01. The van der Waals surface area contributed by atoms with Gasteiger partial charge in [0, 0.05) is 24.4 Å². The Hall–Kier alpha value is -2.93. The van der Waals surface area contributed by atoms with Crippen molar-refractivity contribution in [3.63, 3.8) is 0 Å². The predicted octanol–water partition coefficient (Wildman–Crippen LogP) is 2.90. The molecule has 0 saturated heterocycles. The lowest BCUT2D eigenvalue weighted by molar-refractivity contribution is -0.142. The van der Waals surface area contributed by atoms with Crippen molar-refractivity contribution in [1.29, 1.82) is 0 Å². The molecular weight excluding hydrogens is 328 g/mol. The molecule has 6 nitrogen and oxygen atoms in total. The number of benzene rings is 1. The number of amides is 2. The maximum atomic E-state index is 11.8. The average Bonchev–Trinajstić information content (AvgIpc) is 3.04. The highest BCUT2D eigenvalue weighted by Crippen LogP contribution is 2.15. The fraction of sp³-hybridized carbons (Fsp3) is 0.118. The molecule has 7 heteroatoms. The second-order valence-corrected chi connectivity index (χ2v) is 5.59. The van der Waals surface area contributed by atoms with Gasteiger partial charge in [-0.1, -0.05) is 6.07 Å². The van der Waals surface area contributed by atoms with E-state index in [0.717, 1.165) is 5.56 Å². The molecule has 124 valence electrons. The van der Waals surface area contributed by atoms with E-state index in [1.807, 2.05) is 16.8 Å². The van der Waals surface area contributed by atoms with E-state index in [-0.39, 0.29) is 5.91 Å². The third-order valence-corrected chi connectivity index (χ3v) is 3.47. The quantitative estimate of drug-likeness (QED) is 0.623. The average molecular weight is 344 g/mol. The molecule has 1 aromatic heterocycles. The largest absolute Gasteiger partial charge is 0.452 e. The molecule has 2 rings (SSSR count). The first-order valence-electron chi connectivity index (χ1n) is 7.07. The first-order valence-corrected chi connectivity index (χ1v) is 8.02. The van der Waals surface area contributed by atoms with Crippen LogP contribution in [0.1, 0.15) is 12.5 Å². The van der Waals surface area contributed by atoms with Gasteiger partial charge in [-0.3, -0.25) is 9.59 Å². The van der Waals surface area contributed by atoms with Crippen LogP contribution in [-0.4, -0.2) is 24.4 Å². The molecule has 0 unspecified atom stereocenters. The van der Waals surface area contributed by atoms with Crippen molar-refractivity contribution in [3.05, 3.63) is 52.7 Å². The van der Waals surface area contributed by atoms with Crippen LogP contribution < -0.4 is 10.6 Å². The van der Waals surface area contributed by atoms with Gasteiger partial charge in [-0.15, -0.1) is 0 Å². The van der Waals surface area contributed by atoms with E-state index in [1.54, 1.807) is 30.3 Å². The van der Waals surface area contributed by atoms with Crippen LogP contribution in [0.5, 0.6) is 0 Å². The zero-order valence-corrected chi connectivity index (χ0v) is 13.8. The van der Waals surface area contributed by atoms with Crippen molar-refractivity contribution < 1.29 is 19.1 Å². The van der Waals surface area contributed by atoms with Crippen LogP contribution in [0.3, 0.4) is 0 Å². The number of carbonyl (C=O) groups is 3. The summed E-state index contributed by atoms with van der Waals surface area (Å²) in [4.78, 5) is 34.3. The van der Waals surface area contributed by atoms with Crippen LogP contribution in [0.15, 0.2) is 47.2 Å². The number of rotatable bonds is 6. The Morgan fingerprint density at radius 1 is 1.17 bits per heavy atom. The molecule has 1 aromatic carbocycles. The van der Waals surface area contributed by atoms with Gasteiger partial charge in [-0.2, -0.15) is 11.3 Å². The molecule has 0 radical (unpaired) electrons. The zero-order chi connectivity index (χ0) is 17.4. The molecule has 24 heavy (non-hydrogen) atoms. The van der Waals surface area contributed by atoms with Gasteiger partial charge in [-0.25, -0.2) is 4.79 Å². The summed E-state index contributed by atoms with van der Waals surface area (Å²) in [6.07, 6.45) is 2.89. The summed E-state index contributed by atoms with van der Waals surface area (Å²) in [7, 11) is 0. The van der Waals surface area contributed by atoms with Crippen molar-refractivity contribution in [3.8, 4) is 0 Å². The van der Waals surface area contributed by atoms with Gasteiger partial charge < -0.3 is 15.4 Å². The lowest BCUT2D eigenvalue weighted by atomic mass is 10.2. The van der Waals surface area contributed by atoms with Crippen molar-refractivity contribution in [2.75, 3.05) is 17.2 Å². The maximum Gasteiger partial charge on any atom is 0.331 e. The van der Waals surface area contributed by atoms with Gasteiger partial charge in [0.2, 0.25) is 5.91 Å². The monoisotopic (exact) mass is 344 g/mol. The molecule has 0 atom stereocenters. The Balaban J connectivity index is 1.80. The van der Waals surface area contributed by atoms with Gasteiger partial charge in [0.15, 0.2) is 6.61 Å². The minimum Gasteiger partial charge on any atom is -0.452 e. The lowest BCUT2D eigenvalue weighted by Gasteiger charge is -2.07. The predicted molar refractivity (Wildman–Crippen MR) is 93.7 cm³/mol. The number of thiophene rings is 1. The molecule has 0 aliphatic rings. The molecule has 2 aromatic rings. The fourth-order valence-corrected chi connectivity index (χ4v) is 2.42. The number of carbonyl (C=O) groups excluding carboxylic acids is 3. The van der Waals surface area contributed by atoms with E-state index in [0.29, 0.717) is 11.4 Å². The van der Waals surface area contributed by atoms with Gasteiger partial charge in [0.1, 0.15) is 0 Å². The number of hydrogen-bond acceptors (Lipinski definition) is 5. The Bertz CT molecular complexity index is 754. The summed E-state index contributed by atoms with van der Waals surface area (Å²) < 4.78 is 4.86. The standard InChI is InChI=1S/C17H16N2O4S/c1-12(20)18-14-3-2-4-15(9-14)19-16(21)10-23-17(22)6-5-13-7-8-24-11-13/h2-9,11H,10H2,1H3,(H,18,20)(H,19,21)/b6-5+. The molecule has 0 spiro atoms. The molecule has 0 aliphatic carbocycles. The molecule has 0 aliphatic heterocycles. The topological polar surface area (TPSA) is 84.5 Å². The summed E-state index contributed by atoms with van der Waals surface area (Å²) >= 11 is 1.52. The van der Waals surface area contributed by atoms with E-state index in [1.165, 1.54) is 24.3 Å². The van der Waals surface area contributed by atoms with Gasteiger partial charge >= 0.3 is 5.97 Å². The van der Waals surface area contributed by atoms with Crippen LogP contribution in [-0.2, 0) is 19.1 Å². The van der Waals surface area contributed by atoms with Crippen molar-refractivity contribution in [2.45, 2.75) is 6.92 Å². The molecule has 1 heterocycles. The molecule has 2 amide bonds. The van der Waals surface area contributed by atoms with Crippen molar-refractivity contribution >= 4 is 46.6 Å². The van der Waals surface area contributed by atoms with Crippen LogP contribution in [0, 0.1) is 0 Å². The highest BCUT2D eigenvalue weighted by atomic mass is 32.1. The van der Waals surface area contributed by atoms with Crippen LogP contribution in [0.2, 0.25) is 0 Å². The first-order chi connectivity index (χ1) is 11.5. The smallest absolute Gasteiger partial charge is 0.331 e. The minimum atomic E-state index is -0.594. The second-order valence-electron chi connectivity index (χ2n) is 4.81. The molecule has 2 N–H and O–H groups in total. The highest BCUT2D eigenvalue weighted by molar-refractivity contribution is 7.08. The van der Waals surface area contributed by atoms with Crippen LogP contribution in [0.25, 0.3) is 6.08 Å². The Labute approximate surface area is 143 Å². The number of anilines is 2. The Morgan fingerprint density at radius 2 is 1.92 bits per heavy atom. The van der Waals surface area contributed by atoms with E-state index in [4.69, 9.17) is 4.74 Å². The molecule has 0 fully saturated rings. The van der Waals surface area contributed by atoms with E-state index >= 15 is 0 Å². The summed E-state index contributed by atoms with van der Waals surface area (Å²) in [5, 5.41) is 8.99. The minimum absolute atomic E-state index is 0.204. The number of nitrogens with one attached hydrogen (secondary N) is 2. The normalized spacial score (nSPS) is 10.4. The summed E-state index contributed by atoms with van der Waals surface area (Å²) in [6, 6.07) is 8.53. The highest BCUT2D eigenvalue weighted by Gasteiger charge is 2.06. The Morgan fingerprint density at radius 3 is 2.58 bits per heavy atom. The second kappa shape index (κ2) is 8.64. The molecule has 0 saturated carbocycles. The maximum absolute atomic E-state index is 11.8. The number of hydrogen-bond donors (Lipinski definition) is 2. The molecule has 0 bridgehead atoms. The zero-order valence-electron chi connectivity index (χ0n) is 12.9. The Kier molecular flexibility index (Phi) is 6.27. The van der Waals surface area contributed by atoms with Gasteiger partial charge in [0.25, 0.3) is 5.91 Å². The van der Waals surface area contributed by atoms with Crippen molar-refractivity contribution in [2.24, 2.45) is 0 Å². The van der Waals surface area contributed by atoms with Crippen LogP contribution in [0.4, 0.5) is 11.4 Å². The van der Waals surface area contributed by atoms with Crippen LogP contribution >= 0.6 is 11.3 Å². The SMILES string of the molecule is CC(=O)Nc1cccc(NC(=O)COC(=O)/C=C/c2ccsc2)c1. The molecular formula is C17H16N2O4S. The van der Waals surface area contributed by atoms with E-state index in [9.17, 15) is 14.4 Å². The third kappa shape index (κ3) is 6.05. The third-order valence-electron chi connectivity index (χ3n) is 2.77. The fourth-order valence-electron chi connectivity index (χ4n) is 1.79. The van der Waals surface area contributed by atoms with Crippen molar-refractivity contribution in [1.82, 2.24) is 0 Å². The number of esters is 1. The summed E-state index contributed by atoms with van der Waals surface area (Å²) in [5.41, 5.74) is 1.96.